The molecule has 1 aliphatic carbocycles. The van der Waals surface area contributed by atoms with Crippen molar-refractivity contribution in [3.63, 3.8) is 0 Å². The number of hydrogen-bond acceptors (Lipinski definition) is 4. The lowest BCUT2D eigenvalue weighted by molar-refractivity contribution is -0.171. The SMILES string of the molecule is CC(=O)CC[C@@H]1[C@@H](C#N)[C@@H](C(C)C)CC[C@@]1(C)OC(C)=O. The van der Waals surface area contributed by atoms with Crippen molar-refractivity contribution in [2.45, 2.75) is 65.9 Å². The van der Waals surface area contributed by atoms with Crippen LogP contribution in [0.2, 0.25) is 0 Å². The zero-order valence-corrected chi connectivity index (χ0v) is 13.8. The first kappa shape index (κ1) is 17.7. The Bertz CT molecular complexity index is 438. The highest BCUT2D eigenvalue weighted by molar-refractivity contribution is 5.75. The van der Waals surface area contributed by atoms with Crippen LogP contribution < -0.4 is 0 Å². The lowest BCUT2D eigenvalue weighted by atomic mass is 9.61. The quantitative estimate of drug-likeness (QED) is 0.728. The monoisotopic (exact) mass is 293 g/mol. The second-order valence-electron chi connectivity index (χ2n) is 6.85. The maximum atomic E-state index is 11.4. The molecule has 0 aliphatic heterocycles. The molecule has 0 aromatic carbocycles. The van der Waals surface area contributed by atoms with E-state index in [1.165, 1.54) is 6.92 Å². The average molecular weight is 293 g/mol. The second-order valence-corrected chi connectivity index (χ2v) is 6.85. The van der Waals surface area contributed by atoms with Gasteiger partial charge in [0.1, 0.15) is 11.4 Å². The van der Waals surface area contributed by atoms with E-state index in [4.69, 9.17) is 4.74 Å². The molecule has 4 atom stereocenters. The number of ether oxygens (including phenoxy) is 1. The van der Waals surface area contributed by atoms with Crippen LogP contribution in [0, 0.1) is 35.0 Å². The fourth-order valence-electron chi connectivity index (χ4n) is 3.73. The molecule has 118 valence electrons. The fourth-order valence-corrected chi connectivity index (χ4v) is 3.73. The van der Waals surface area contributed by atoms with Gasteiger partial charge in [0.15, 0.2) is 0 Å². The highest BCUT2D eigenvalue weighted by Crippen LogP contribution is 2.47. The highest BCUT2D eigenvalue weighted by Gasteiger charge is 2.49. The van der Waals surface area contributed by atoms with Crippen molar-refractivity contribution in [1.29, 1.82) is 5.26 Å². The first-order chi connectivity index (χ1) is 9.71. The molecular formula is C17H27NO3. The molecule has 1 fully saturated rings. The third-order valence-corrected chi connectivity index (χ3v) is 4.84. The van der Waals surface area contributed by atoms with E-state index in [2.05, 4.69) is 19.9 Å². The number of nitriles is 1. The molecule has 4 heteroatoms. The van der Waals surface area contributed by atoms with E-state index in [1.54, 1.807) is 6.92 Å². The van der Waals surface area contributed by atoms with E-state index in [-0.39, 0.29) is 23.6 Å². The largest absolute Gasteiger partial charge is 0.459 e. The summed E-state index contributed by atoms with van der Waals surface area (Å²) in [5, 5.41) is 9.64. The van der Waals surface area contributed by atoms with Crippen LogP contribution in [0.3, 0.4) is 0 Å². The Balaban J connectivity index is 3.06. The Morgan fingerprint density at radius 1 is 1.38 bits per heavy atom. The minimum atomic E-state index is -0.632. The first-order valence-corrected chi connectivity index (χ1v) is 7.80. The molecule has 0 radical (unpaired) electrons. The molecule has 1 rings (SSSR count). The standard InChI is InChI=1S/C17H27NO3/c1-11(2)14-8-9-17(5,21-13(4)20)16(15(14)10-18)7-6-12(3)19/h11,14-16H,6-9H2,1-5H3/t14-,15+,16-,17-/m1/s1. The topological polar surface area (TPSA) is 67.2 Å². The van der Waals surface area contributed by atoms with Crippen LogP contribution in [0.25, 0.3) is 0 Å². The van der Waals surface area contributed by atoms with Crippen molar-refractivity contribution in [2.24, 2.45) is 23.7 Å². The summed E-state index contributed by atoms with van der Waals surface area (Å²) in [5.41, 5.74) is -0.632. The van der Waals surface area contributed by atoms with E-state index in [1.807, 2.05) is 6.92 Å². The van der Waals surface area contributed by atoms with Gasteiger partial charge in [-0.25, -0.2) is 0 Å². The van der Waals surface area contributed by atoms with Gasteiger partial charge in [-0.3, -0.25) is 4.79 Å². The van der Waals surface area contributed by atoms with E-state index < -0.39 is 5.60 Å². The van der Waals surface area contributed by atoms with Gasteiger partial charge in [0, 0.05) is 19.3 Å². The Hall–Kier alpha value is -1.37. The number of ketones is 1. The van der Waals surface area contributed by atoms with Crippen LogP contribution in [0.1, 0.15) is 60.3 Å². The predicted molar refractivity (Wildman–Crippen MR) is 80.2 cm³/mol. The fraction of sp³-hybridized carbons (Fsp3) is 0.824. The van der Waals surface area contributed by atoms with E-state index in [0.29, 0.717) is 24.7 Å². The van der Waals surface area contributed by atoms with Gasteiger partial charge in [-0.05, 0) is 44.9 Å². The summed E-state index contributed by atoms with van der Waals surface area (Å²) in [7, 11) is 0. The number of hydrogen-bond donors (Lipinski definition) is 0. The maximum absolute atomic E-state index is 11.4. The Kier molecular flexibility index (Phi) is 5.95. The summed E-state index contributed by atoms with van der Waals surface area (Å²) in [6.07, 6.45) is 2.69. The number of esters is 1. The van der Waals surface area contributed by atoms with Gasteiger partial charge in [0.05, 0.1) is 12.0 Å². The number of rotatable bonds is 5. The molecule has 21 heavy (non-hydrogen) atoms. The number of carbonyl (C=O) groups excluding carboxylic acids is 2. The van der Waals surface area contributed by atoms with E-state index in [0.717, 1.165) is 12.8 Å². The van der Waals surface area contributed by atoms with Crippen molar-refractivity contribution in [3.8, 4) is 6.07 Å². The Morgan fingerprint density at radius 2 is 2.00 bits per heavy atom. The normalized spacial score (nSPS) is 32.5. The summed E-state index contributed by atoms with van der Waals surface area (Å²) in [6.45, 7) is 9.15. The molecule has 0 N–H and O–H groups in total. The molecule has 0 bridgehead atoms. The van der Waals surface area contributed by atoms with Crippen LogP contribution in [0.15, 0.2) is 0 Å². The molecule has 0 aromatic rings. The molecule has 0 unspecified atom stereocenters. The molecule has 1 saturated carbocycles. The lowest BCUT2D eigenvalue weighted by Gasteiger charge is -2.47. The third kappa shape index (κ3) is 4.30. The molecule has 4 nitrogen and oxygen atoms in total. The summed E-state index contributed by atoms with van der Waals surface area (Å²) in [4.78, 5) is 22.8. The van der Waals surface area contributed by atoms with Crippen molar-refractivity contribution in [1.82, 2.24) is 0 Å². The highest BCUT2D eigenvalue weighted by atomic mass is 16.6. The van der Waals surface area contributed by atoms with Gasteiger partial charge in [-0.1, -0.05) is 13.8 Å². The van der Waals surface area contributed by atoms with Crippen LogP contribution in [-0.4, -0.2) is 17.4 Å². The summed E-state index contributed by atoms with van der Waals surface area (Å²) in [6, 6.07) is 2.43. The molecule has 0 aromatic heterocycles. The van der Waals surface area contributed by atoms with E-state index >= 15 is 0 Å². The van der Waals surface area contributed by atoms with Crippen molar-refractivity contribution in [3.05, 3.63) is 0 Å². The molecule has 0 heterocycles. The smallest absolute Gasteiger partial charge is 0.303 e. The number of Topliss-reactive ketones (excluding diaryl/α,β-unsaturated/α-hetero) is 1. The maximum Gasteiger partial charge on any atom is 0.303 e. The zero-order chi connectivity index (χ0) is 16.2. The van der Waals surface area contributed by atoms with Crippen LogP contribution in [0.5, 0.6) is 0 Å². The molecular weight excluding hydrogens is 266 g/mol. The van der Waals surface area contributed by atoms with Gasteiger partial charge in [-0.15, -0.1) is 0 Å². The molecule has 0 saturated heterocycles. The Morgan fingerprint density at radius 3 is 2.43 bits per heavy atom. The van der Waals surface area contributed by atoms with Crippen molar-refractivity contribution in [2.75, 3.05) is 0 Å². The van der Waals surface area contributed by atoms with Crippen molar-refractivity contribution >= 4 is 11.8 Å². The summed E-state index contributed by atoms with van der Waals surface area (Å²) in [5.74, 6) is 0.277. The van der Waals surface area contributed by atoms with Gasteiger partial charge in [-0.2, -0.15) is 5.26 Å². The van der Waals surface area contributed by atoms with Gasteiger partial charge in [0.25, 0.3) is 0 Å². The van der Waals surface area contributed by atoms with Gasteiger partial charge in [0.2, 0.25) is 0 Å². The third-order valence-electron chi connectivity index (χ3n) is 4.84. The summed E-state index contributed by atoms with van der Waals surface area (Å²) < 4.78 is 5.58. The van der Waals surface area contributed by atoms with Crippen LogP contribution in [0.4, 0.5) is 0 Å². The van der Waals surface area contributed by atoms with Gasteiger partial charge >= 0.3 is 5.97 Å². The molecule has 0 amide bonds. The van der Waals surface area contributed by atoms with Crippen LogP contribution in [-0.2, 0) is 14.3 Å². The Labute approximate surface area is 127 Å². The minimum absolute atomic E-state index is 0.0727. The first-order valence-electron chi connectivity index (χ1n) is 7.80. The molecule has 1 aliphatic rings. The number of nitrogens with zero attached hydrogens (tertiary/aromatic N) is 1. The lowest BCUT2D eigenvalue weighted by Crippen LogP contribution is -2.49. The zero-order valence-electron chi connectivity index (χ0n) is 13.8. The minimum Gasteiger partial charge on any atom is -0.459 e. The molecule has 0 spiro atoms. The van der Waals surface area contributed by atoms with Gasteiger partial charge < -0.3 is 9.53 Å². The average Bonchev–Trinajstić information content (AvgIpc) is 2.34. The second kappa shape index (κ2) is 7.06. The predicted octanol–water partition coefficient (Wildman–Crippen LogP) is 3.50. The summed E-state index contributed by atoms with van der Waals surface area (Å²) >= 11 is 0. The van der Waals surface area contributed by atoms with E-state index in [9.17, 15) is 14.9 Å². The van der Waals surface area contributed by atoms with Crippen LogP contribution >= 0.6 is 0 Å². The number of carbonyl (C=O) groups is 2. The van der Waals surface area contributed by atoms with Crippen molar-refractivity contribution < 1.29 is 14.3 Å².